The lowest BCUT2D eigenvalue weighted by Gasteiger charge is -2.19. The van der Waals surface area contributed by atoms with E-state index in [1.54, 1.807) is 18.4 Å². The molecule has 2 rings (SSSR count). The molecule has 0 saturated heterocycles. The molecule has 2 aromatic heterocycles. The first-order chi connectivity index (χ1) is 9.72. The Balaban J connectivity index is 2.39. The van der Waals surface area contributed by atoms with Gasteiger partial charge in [0.05, 0.1) is 35.6 Å². The number of methoxy groups -OCH3 is 1. The smallest absolute Gasteiger partial charge is 0.0853 e. The van der Waals surface area contributed by atoms with E-state index in [4.69, 9.17) is 4.74 Å². The van der Waals surface area contributed by atoms with E-state index < -0.39 is 0 Å². The second kappa shape index (κ2) is 7.36. The Morgan fingerprint density at radius 3 is 3.00 bits per heavy atom. The maximum absolute atomic E-state index is 5.17. The molecule has 0 fully saturated rings. The van der Waals surface area contributed by atoms with E-state index in [2.05, 4.69) is 44.7 Å². The minimum Gasteiger partial charge on any atom is -0.383 e. The molecule has 2 aromatic rings. The Kier molecular flexibility index (Phi) is 5.77. The fraction of sp³-hybridized carbons (Fsp3) is 0.500. The van der Waals surface area contributed by atoms with Crippen molar-refractivity contribution in [1.29, 1.82) is 0 Å². The Morgan fingerprint density at radius 1 is 1.55 bits per heavy atom. The molecule has 0 saturated carbocycles. The monoisotopic (exact) mass is 357 g/mol. The Hall–Kier alpha value is -0.690. The van der Waals surface area contributed by atoms with Crippen LogP contribution in [0.1, 0.15) is 29.1 Å². The highest BCUT2D eigenvalue weighted by Crippen LogP contribution is 2.33. The number of aryl methyl sites for hydroxylation is 1. The predicted molar refractivity (Wildman–Crippen MR) is 86.4 cm³/mol. The zero-order chi connectivity index (χ0) is 14.5. The second-order valence-electron chi connectivity index (χ2n) is 4.48. The third-order valence-corrected chi connectivity index (χ3v) is 4.96. The first-order valence-electron chi connectivity index (χ1n) is 6.66. The summed E-state index contributed by atoms with van der Waals surface area (Å²) in [6.45, 7) is 3.60. The number of nitrogens with one attached hydrogen (secondary N) is 1. The summed E-state index contributed by atoms with van der Waals surface area (Å²) in [4.78, 5) is 1.36. The summed E-state index contributed by atoms with van der Waals surface area (Å²) in [6.07, 6.45) is 2.90. The van der Waals surface area contributed by atoms with Crippen LogP contribution in [0.3, 0.4) is 0 Å². The van der Waals surface area contributed by atoms with Gasteiger partial charge in [0.2, 0.25) is 0 Å². The van der Waals surface area contributed by atoms with Crippen LogP contribution in [0.5, 0.6) is 0 Å². The molecule has 0 bridgehead atoms. The van der Waals surface area contributed by atoms with Gasteiger partial charge in [0.1, 0.15) is 0 Å². The number of halogens is 1. The van der Waals surface area contributed by atoms with Crippen LogP contribution in [0, 0.1) is 0 Å². The number of nitrogens with zero attached hydrogens (tertiary/aromatic N) is 2. The van der Waals surface area contributed by atoms with Gasteiger partial charge in [-0.1, -0.05) is 6.92 Å². The van der Waals surface area contributed by atoms with Crippen LogP contribution in [-0.4, -0.2) is 30.5 Å². The van der Waals surface area contributed by atoms with Crippen molar-refractivity contribution in [3.05, 3.63) is 38.3 Å². The highest BCUT2D eigenvalue weighted by Gasteiger charge is 2.23. The lowest BCUT2D eigenvalue weighted by atomic mass is 10.1. The van der Waals surface area contributed by atoms with Crippen molar-refractivity contribution in [2.24, 2.45) is 0 Å². The maximum Gasteiger partial charge on any atom is 0.0853 e. The van der Waals surface area contributed by atoms with Crippen LogP contribution in [0.25, 0.3) is 0 Å². The van der Waals surface area contributed by atoms with Crippen LogP contribution >= 0.6 is 27.3 Å². The lowest BCUT2D eigenvalue weighted by molar-refractivity contribution is 0.182. The molecule has 0 aliphatic rings. The van der Waals surface area contributed by atoms with Crippen LogP contribution < -0.4 is 5.32 Å². The molecule has 1 N–H and O–H groups in total. The Labute approximate surface area is 132 Å². The number of ether oxygens (including phenoxy) is 1. The van der Waals surface area contributed by atoms with E-state index in [1.165, 1.54) is 10.4 Å². The molecule has 110 valence electrons. The van der Waals surface area contributed by atoms with Crippen molar-refractivity contribution >= 4 is 27.3 Å². The zero-order valence-corrected chi connectivity index (χ0v) is 14.4. The quantitative estimate of drug-likeness (QED) is 0.826. The van der Waals surface area contributed by atoms with E-state index >= 15 is 0 Å². The van der Waals surface area contributed by atoms with Crippen LogP contribution in [0.15, 0.2) is 22.1 Å². The maximum atomic E-state index is 5.17. The molecule has 1 unspecified atom stereocenters. The number of thiophene rings is 1. The molecule has 1 atom stereocenters. The first kappa shape index (κ1) is 15.7. The summed E-state index contributed by atoms with van der Waals surface area (Å²) in [5.41, 5.74) is 2.54. The van der Waals surface area contributed by atoms with Crippen LogP contribution in [0.4, 0.5) is 0 Å². The van der Waals surface area contributed by atoms with E-state index in [-0.39, 0.29) is 6.04 Å². The van der Waals surface area contributed by atoms with E-state index in [0.29, 0.717) is 6.61 Å². The van der Waals surface area contributed by atoms with Gasteiger partial charge in [-0.25, -0.2) is 0 Å². The van der Waals surface area contributed by atoms with Crippen molar-refractivity contribution in [3.63, 3.8) is 0 Å². The van der Waals surface area contributed by atoms with Gasteiger partial charge in [-0.05, 0) is 46.4 Å². The molecule has 2 heterocycles. The highest BCUT2D eigenvalue weighted by molar-refractivity contribution is 9.10. The molecule has 0 amide bonds. The predicted octanol–water partition coefficient (Wildman–Crippen LogP) is 3.22. The Morgan fingerprint density at radius 2 is 2.35 bits per heavy atom. The third kappa shape index (κ3) is 3.14. The average Bonchev–Trinajstić information content (AvgIpc) is 3.06. The summed E-state index contributed by atoms with van der Waals surface area (Å²) < 4.78 is 8.20. The minimum absolute atomic E-state index is 0.152. The number of hydrogen-bond donors (Lipinski definition) is 1. The Bertz CT molecular complexity index is 552. The molecular weight excluding hydrogens is 338 g/mol. The van der Waals surface area contributed by atoms with Crippen molar-refractivity contribution in [1.82, 2.24) is 15.1 Å². The SMILES string of the molecule is CCc1ccsc1C(NC)c1c(Br)cnn1CCOC. The normalized spacial score (nSPS) is 12.8. The molecule has 0 spiro atoms. The van der Waals surface area contributed by atoms with Crippen molar-refractivity contribution < 1.29 is 4.74 Å². The van der Waals surface area contributed by atoms with Crippen LogP contribution in [0.2, 0.25) is 0 Å². The van der Waals surface area contributed by atoms with Gasteiger partial charge >= 0.3 is 0 Å². The first-order valence-corrected chi connectivity index (χ1v) is 8.33. The lowest BCUT2D eigenvalue weighted by Crippen LogP contribution is -2.23. The van der Waals surface area contributed by atoms with Gasteiger partial charge in [0, 0.05) is 12.0 Å². The van der Waals surface area contributed by atoms with Gasteiger partial charge in [-0.15, -0.1) is 11.3 Å². The summed E-state index contributed by atoms with van der Waals surface area (Å²) in [7, 11) is 3.70. The number of hydrogen-bond acceptors (Lipinski definition) is 4. The summed E-state index contributed by atoms with van der Waals surface area (Å²) in [5, 5.41) is 10.0. The number of aromatic nitrogens is 2. The van der Waals surface area contributed by atoms with E-state index in [9.17, 15) is 0 Å². The largest absolute Gasteiger partial charge is 0.383 e. The molecule has 0 aromatic carbocycles. The van der Waals surface area contributed by atoms with Gasteiger partial charge in [0.25, 0.3) is 0 Å². The summed E-state index contributed by atoms with van der Waals surface area (Å²) in [5.74, 6) is 0. The standard InChI is InChI=1S/C14H20BrN3OS/c1-4-10-5-8-20-14(10)12(16-2)13-11(15)9-17-18(13)6-7-19-3/h5,8-9,12,16H,4,6-7H2,1-3H3. The van der Waals surface area contributed by atoms with E-state index in [1.807, 2.05) is 17.9 Å². The fourth-order valence-corrected chi connectivity index (χ4v) is 3.93. The molecule has 4 nitrogen and oxygen atoms in total. The van der Waals surface area contributed by atoms with Gasteiger partial charge < -0.3 is 10.1 Å². The zero-order valence-electron chi connectivity index (χ0n) is 12.0. The summed E-state index contributed by atoms with van der Waals surface area (Å²) >= 11 is 5.41. The van der Waals surface area contributed by atoms with Gasteiger partial charge in [0.15, 0.2) is 0 Å². The second-order valence-corrected chi connectivity index (χ2v) is 6.28. The van der Waals surface area contributed by atoms with E-state index in [0.717, 1.165) is 23.1 Å². The van der Waals surface area contributed by atoms with Gasteiger partial charge in [-0.2, -0.15) is 5.10 Å². The van der Waals surface area contributed by atoms with Crippen molar-refractivity contribution in [3.8, 4) is 0 Å². The average molecular weight is 358 g/mol. The third-order valence-electron chi connectivity index (χ3n) is 3.33. The molecule has 6 heteroatoms. The summed E-state index contributed by atoms with van der Waals surface area (Å²) in [6, 6.07) is 2.35. The van der Waals surface area contributed by atoms with Crippen LogP contribution in [-0.2, 0) is 17.7 Å². The number of rotatable bonds is 7. The molecule has 0 aliphatic carbocycles. The van der Waals surface area contributed by atoms with Crippen molar-refractivity contribution in [2.45, 2.75) is 25.9 Å². The fourth-order valence-electron chi connectivity index (χ4n) is 2.30. The highest BCUT2D eigenvalue weighted by atomic mass is 79.9. The van der Waals surface area contributed by atoms with Gasteiger partial charge in [-0.3, -0.25) is 4.68 Å². The molecule has 0 aliphatic heterocycles. The molecule has 20 heavy (non-hydrogen) atoms. The topological polar surface area (TPSA) is 39.1 Å². The molecular formula is C14H20BrN3OS. The molecule has 0 radical (unpaired) electrons. The van der Waals surface area contributed by atoms with Crippen molar-refractivity contribution in [2.75, 3.05) is 20.8 Å². The minimum atomic E-state index is 0.152.